The number of piperidine rings is 1. The number of nitrogens with one attached hydrogen (secondary N) is 1. The number of hydrogen-bond acceptors (Lipinski definition) is 2. The lowest BCUT2D eigenvalue weighted by Crippen LogP contribution is -2.48. The van der Waals surface area contributed by atoms with E-state index in [1.165, 1.54) is 5.56 Å². The first kappa shape index (κ1) is 16.1. The molecule has 0 aliphatic carbocycles. The summed E-state index contributed by atoms with van der Waals surface area (Å²) < 4.78 is 0. The van der Waals surface area contributed by atoms with Crippen LogP contribution >= 0.6 is 11.6 Å². The zero-order chi connectivity index (χ0) is 15.4. The van der Waals surface area contributed by atoms with Gasteiger partial charge in [-0.25, -0.2) is 4.79 Å². The van der Waals surface area contributed by atoms with Gasteiger partial charge in [0.25, 0.3) is 0 Å². The van der Waals surface area contributed by atoms with Gasteiger partial charge in [-0.05, 0) is 37.5 Å². The number of likely N-dealkylation sites (tertiary alicyclic amines) is 1. The third kappa shape index (κ3) is 4.35. The molecule has 0 bridgehead atoms. The fourth-order valence-corrected chi connectivity index (χ4v) is 2.94. The van der Waals surface area contributed by atoms with Crippen molar-refractivity contribution in [2.45, 2.75) is 31.8 Å². The van der Waals surface area contributed by atoms with E-state index in [-0.39, 0.29) is 12.1 Å². The third-order valence-electron chi connectivity index (χ3n) is 3.98. The fraction of sp³-hybridized carbons (Fsp3) is 0.562. The fourth-order valence-electron chi connectivity index (χ4n) is 2.75. The van der Waals surface area contributed by atoms with Crippen LogP contribution in [-0.4, -0.2) is 49.1 Å². The molecule has 2 amide bonds. The summed E-state index contributed by atoms with van der Waals surface area (Å²) >= 11 is 6.04. The molecule has 1 aromatic carbocycles. The number of halogens is 1. The minimum Gasteiger partial charge on any atom is -0.331 e. The first-order valence-corrected chi connectivity index (χ1v) is 7.83. The van der Waals surface area contributed by atoms with Crippen molar-refractivity contribution in [2.24, 2.45) is 0 Å². The molecular formula is C16H24ClN3O. The number of nitrogens with zero attached hydrogens (tertiary/aromatic N) is 2. The minimum absolute atomic E-state index is 0.108. The standard InChI is InChI=1S/C16H24ClN3O/c1-12(13-5-4-6-14(17)11-13)18-15-7-9-20(10-8-15)16(21)19(2)3/h4-6,11-12,15,18H,7-10H2,1-3H3/t12-/m1/s1. The number of urea groups is 1. The molecule has 21 heavy (non-hydrogen) atoms. The Balaban J connectivity index is 1.85. The number of carbonyl (C=O) groups is 1. The van der Waals surface area contributed by atoms with E-state index in [1.54, 1.807) is 19.0 Å². The molecule has 0 saturated carbocycles. The lowest BCUT2D eigenvalue weighted by atomic mass is 10.0. The van der Waals surface area contributed by atoms with Crippen LogP contribution < -0.4 is 5.32 Å². The highest BCUT2D eigenvalue weighted by atomic mass is 35.5. The lowest BCUT2D eigenvalue weighted by molar-refractivity contribution is 0.151. The van der Waals surface area contributed by atoms with Crippen LogP contribution in [0.25, 0.3) is 0 Å². The SMILES string of the molecule is C[C@@H](NC1CCN(C(=O)N(C)C)CC1)c1cccc(Cl)c1. The van der Waals surface area contributed by atoms with Crippen LogP contribution in [0, 0.1) is 0 Å². The Morgan fingerprint density at radius 2 is 2.05 bits per heavy atom. The van der Waals surface area contributed by atoms with E-state index in [9.17, 15) is 4.79 Å². The van der Waals surface area contributed by atoms with Crippen molar-refractivity contribution in [1.82, 2.24) is 15.1 Å². The summed E-state index contributed by atoms with van der Waals surface area (Å²) in [6.07, 6.45) is 1.98. The van der Waals surface area contributed by atoms with Crippen LogP contribution in [0.3, 0.4) is 0 Å². The number of rotatable bonds is 3. The van der Waals surface area contributed by atoms with Gasteiger partial charge >= 0.3 is 6.03 Å². The Morgan fingerprint density at radius 1 is 1.38 bits per heavy atom. The number of amides is 2. The molecule has 1 aliphatic heterocycles. The van der Waals surface area contributed by atoms with Crippen molar-refractivity contribution in [2.75, 3.05) is 27.2 Å². The molecule has 0 spiro atoms. The molecule has 1 saturated heterocycles. The van der Waals surface area contributed by atoms with Gasteiger partial charge < -0.3 is 15.1 Å². The topological polar surface area (TPSA) is 35.6 Å². The van der Waals surface area contributed by atoms with Gasteiger partial charge in [-0.15, -0.1) is 0 Å². The summed E-state index contributed by atoms with van der Waals surface area (Å²) in [7, 11) is 3.60. The summed E-state index contributed by atoms with van der Waals surface area (Å²) in [6, 6.07) is 8.79. The summed E-state index contributed by atoms with van der Waals surface area (Å²) in [4.78, 5) is 15.5. The van der Waals surface area contributed by atoms with Gasteiger partial charge in [0, 0.05) is 44.3 Å². The van der Waals surface area contributed by atoms with Gasteiger partial charge in [0.1, 0.15) is 0 Å². The van der Waals surface area contributed by atoms with E-state index in [2.05, 4.69) is 18.3 Å². The van der Waals surface area contributed by atoms with E-state index >= 15 is 0 Å². The molecular weight excluding hydrogens is 286 g/mol. The Labute approximate surface area is 132 Å². The number of benzene rings is 1. The van der Waals surface area contributed by atoms with Gasteiger partial charge in [0.15, 0.2) is 0 Å². The molecule has 5 heteroatoms. The minimum atomic E-state index is 0.108. The van der Waals surface area contributed by atoms with Gasteiger partial charge in [0.2, 0.25) is 0 Å². The molecule has 0 aromatic heterocycles. The van der Waals surface area contributed by atoms with Crippen LogP contribution in [0.1, 0.15) is 31.4 Å². The zero-order valence-corrected chi connectivity index (χ0v) is 13.7. The summed E-state index contributed by atoms with van der Waals surface area (Å²) in [5.74, 6) is 0. The largest absolute Gasteiger partial charge is 0.331 e. The van der Waals surface area contributed by atoms with Crippen molar-refractivity contribution in [1.29, 1.82) is 0 Å². The Morgan fingerprint density at radius 3 is 2.62 bits per heavy atom. The molecule has 2 rings (SSSR count). The van der Waals surface area contributed by atoms with Gasteiger partial charge in [0.05, 0.1) is 0 Å². The molecule has 1 heterocycles. The summed E-state index contributed by atoms with van der Waals surface area (Å²) in [6.45, 7) is 3.79. The molecule has 1 atom stereocenters. The van der Waals surface area contributed by atoms with Crippen LogP contribution in [0.2, 0.25) is 5.02 Å². The first-order chi connectivity index (χ1) is 9.97. The molecule has 0 unspecified atom stereocenters. The quantitative estimate of drug-likeness (QED) is 0.931. The molecule has 1 N–H and O–H groups in total. The van der Waals surface area contributed by atoms with Crippen molar-refractivity contribution in [3.05, 3.63) is 34.9 Å². The van der Waals surface area contributed by atoms with Crippen molar-refractivity contribution in [3.8, 4) is 0 Å². The van der Waals surface area contributed by atoms with Crippen LogP contribution in [-0.2, 0) is 0 Å². The van der Waals surface area contributed by atoms with Gasteiger partial charge in [-0.1, -0.05) is 23.7 Å². The maximum absolute atomic E-state index is 11.9. The Kier molecular flexibility index (Phi) is 5.48. The Hall–Kier alpha value is -1.26. The smallest absolute Gasteiger partial charge is 0.319 e. The molecule has 1 aliphatic rings. The molecule has 1 aromatic rings. The van der Waals surface area contributed by atoms with E-state index < -0.39 is 0 Å². The second-order valence-corrected chi connectivity index (χ2v) is 6.32. The van der Waals surface area contributed by atoms with Crippen LogP contribution in [0.15, 0.2) is 24.3 Å². The summed E-state index contributed by atoms with van der Waals surface area (Å²) in [5.41, 5.74) is 1.20. The zero-order valence-electron chi connectivity index (χ0n) is 13.0. The molecule has 116 valence electrons. The first-order valence-electron chi connectivity index (χ1n) is 7.45. The highest BCUT2D eigenvalue weighted by Gasteiger charge is 2.24. The molecule has 0 radical (unpaired) electrons. The normalized spacial score (nSPS) is 17.6. The maximum Gasteiger partial charge on any atom is 0.319 e. The highest BCUT2D eigenvalue weighted by Crippen LogP contribution is 2.20. The lowest BCUT2D eigenvalue weighted by Gasteiger charge is -2.35. The van der Waals surface area contributed by atoms with Crippen molar-refractivity contribution < 1.29 is 4.79 Å². The average Bonchev–Trinajstić information content (AvgIpc) is 2.47. The van der Waals surface area contributed by atoms with E-state index in [4.69, 9.17) is 11.6 Å². The van der Waals surface area contributed by atoms with E-state index in [1.807, 2.05) is 23.1 Å². The number of carbonyl (C=O) groups excluding carboxylic acids is 1. The van der Waals surface area contributed by atoms with Crippen molar-refractivity contribution in [3.63, 3.8) is 0 Å². The maximum atomic E-state index is 11.9. The second kappa shape index (κ2) is 7.14. The van der Waals surface area contributed by atoms with E-state index in [0.29, 0.717) is 6.04 Å². The third-order valence-corrected chi connectivity index (χ3v) is 4.22. The predicted octanol–water partition coefficient (Wildman–Crippen LogP) is 3.14. The van der Waals surface area contributed by atoms with E-state index in [0.717, 1.165) is 31.0 Å². The Bertz CT molecular complexity index is 484. The average molecular weight is 310 g/mol. The van der Waals surface area contributed by atoms with Gasteiger partial charge in [-0.2, -0.15) is 0 Å². The molecule has 4 nitrogen and oxygen atoms in total. The number of hydrogen-bond donors (Lipinski definition) is 1. The van der Waals surface area contributed by atoms with Gasteiger partial charge in [-0.3, -0.25) is 0 Å². The predicted molar refractivity (Wildman–Crippen MR) is 86.7 cm³/mol. The molecule has 1 fully saturated rings. The second-order valence-electron chi connectivity index (χ2n) is 5.88. The van der Waals surface area contributed by atoms with Crippen LogP contribution in [0.5, 0.6) is 0 Å². The van der Waals surface area contributed by atoms with Crippen LogP contribution in [0.4, 0.5) is 4.79 Å². The van der Waals surface area contributed by atoms with Crippen molar-refractivity contribution >= 4 is 17.6 Å². The monoisotopic (exact) mass is 309 g/mol. The summed E-state index contributed by atoms with van der Waals surface area (Å²) in [5, 5.41) is 4.41. The highest BCUT2D eigenvalue weighted by molar-refractivity contribution is 6.30.